The molecule has 4 rings (SSSR count). The van der Waals surface area contributed by atoms with Crippen LogP contribution in [0.5, 0.6) is 23.0 Å². The van der Waals surface area contributed by atoms with Crippen molar-refractivity contribution >= 4 is 17.5 Å². The number of rotatable bonds is 4. The monoisotopic (exact) mass is 504 g/mol. The van der Waals surface area contributed by atoms with Crippen LogP contribution >= 0.6 is 0 Å². The van der Waals surface area contributed by atoms with Gasteiger partial charge in [0.1, 0.15) is 17.1 Å². The molecule has 1 aliphatic carbocycles. The second-order valence-corrected chi connectivity index (χ2v) is 8.23. The second-order valence-electron chi connectivity index (χ2n) is 8.23. The summed E-state index contributed by atoms with van der Waals surface area (Å²) in [6.45, 7) is 4.81. The van der Waals surface area contributed by atoms with Crippen molar-refractivity contribution in [2.24, 2.45) is 0 Å². The molecule has 0 saturated carbocycles. The lowest BCUT2D eigenvalue weighted by atomic mass is 9.78. The highest BCUT2D eigenvalue weighted by Crippen LogP contribution is 2.52. The number of carboxylic acid groups (broad SMARTS) is 1. The maximum atomic E-state index is 13.5. The third-order valence-electron chi connectivity index (χ3n) is 6.24. The minimum Gasteiger partial charge on any atom is -0.507 e. The average molecular weight is 504 g/mol. The van der Waals surface area contributed by atoms with E-state index in [0.717, 1.165) is 13.2 Å². The Morgan fingerprint density at radius 3 is 2.25 bits per heavy atom. The first-order valence-electron chi connectivity index (χ1n) is 11.3. The quantitative estimate of drug-likeness (QED) is 0.305. The Balaban J connectivity index is 0.00000176. The molecule has 3 atom stereocenters. The molecule has 1 unspecified atom stereocenters. The summed E-state index contributed by atoms with van der Waals surface area (Å²) in [7, 11) is 1.13. The van der Waals surface area contributed by atoms with E-state index in [1.165, 1.54) is 6.92 Å². The van der Waals surface area contributed by atoms with Crippen molar-refractivity contribution in [1.29, 1.82) is 0 Å². The Morgan fingerprint density at radius 2 is 1.69 bits per heavy atom. The summed E-state index contributed by atoms with van der Waals surface area (Å²) >= 11 is 0. The van der Waals surface area contributed by atoms with Crippen LogP contribution in [0.15, 0.2) is 6.07 Å². The van der Waals surface area contributed by atoms with E-state index < -0.39 is 82.1 Å². The minimum atomic E-state index is -1.52. The van der Waals surface area contributed by atoms with Crippen LogP contribution in [-0.4, -0.2) is 74.1 Å². The van der Waals surface area contributed by atoms with Gasteiger partial charge in [0.25, 0.3) is 0 Å². The summed E-state index contributed by atoms with van der Waals surface area (Å²) in [6.07, 6.45) is -2.88. The molecule has 2 aliphatic rings. The number of methoxy groups -OCH3 is 1. The third-order valence-corrected chi connectivity index (χ3v) is 6.24. The molecule has 11 nitrogen and oxygen atoms in total. The van der Waals surface area contributed by atoms with Crippen LogP contribution in [0.4, 0.5) is 0 Å². The molecule has 194 valence electrons. The number of ketones is 2. The van der Waals surface area contributed by atoms with Crippen LogP contribution in [0, 0.1) is 6.92 Å². The highest BCUT2D eigenvalue weighted by Gasteiger charge is 2.43. The molecule has 1 heterocycles. The van der Waals surface area contributed by atoms with E-state index >= 15 is 0 Å². The minimum absolute atomic E-state index is 0.0889. The SMILES string of the molecule is CC.COc1c(O)c(C2C[C@@H](O)C[C@@H](CO)O2)c(O)c2c1C(=O)c1cc(O)c(C(=O)O)c(C)c1C2=O. The van der Waals surface area contributed by atoms with Crippen molar-refractivity contribution in [1.82, 2.24) is 0 Å². The number of carboxylic acids is 1. The summed E-state index contributed by atoms with van der Waals surface area (Å²) in [5, 5.41) is 61.2. The first-order chi connectivity index (χ1) is 17.0. The largest absolute Gasteiger partial charge is 0.507 e. The predicted molar refractivity (Wildman–Crippen MR) is 124 cm³/mol. The summed E-state index contributed by atoms with van der Waals surface area (Å²) < 4.78 is 10.9. The highest BCUT2D eigenvalue weighted by atomic mass is 16.5. The smallest absolute Gasteiger partial charge is 0.339 e. The molecule has 36 heavy (non-hydrogen) atoms. The van der Waals surface area contributed by atoms with Gasteiger partial charge in [0, 0.05) is 24.0 Å². The predicted octanol–water partition coefficient (Wildman–Crippen LogP) is 2.19. The molecule has 0 radical (unpaired) electrons. The fourth-order valence-corrected chi connectivity index (χ4v) is 4.76. The zero-order valence-electron chi connectivity index (χ0n) is 20.2. The maximum absolute atomic E-state index is 13.5. The lowest BCUT2D eigenvalue weighted by Crippen LogP contribution is -2.34. The fourth-order valence-electron chi connectivity index (χ4n) is 4.76. The number of aliphatic hydroxyl groups excluding tert-OH is 2. The van der Waals surface area contributed by atoms with Gasteiger partial charge < -0.3 is 40.1 Å². The Bertz CT molecular complexity index is 1250. The van der Waals surface area contributed by atoms with Gasteiger partial charge in [-0.2, -0.15) is 0 Å². The van der Waals surface area contributed by atoms with Gasteiger partial charge in [0.15, 0.2) is 23.1 Å². The zero-order chi connectivity index (χ0) is 27.1. The number of aromatic hydroxyl groups is 3. The molecule has 2 aromatic rings. The topological polar surface area (TPSA) is 191 Å². The van der Waals surface area contributed by atoms with Crippen LogP contribution in [0.1, 0.15) is 86.1 Å². The number of benzene rings is 2. The van der Waals surface area contributed by atoms with Crippen LogP contribution in [0.25, 0.3) is 0 Å². The number of carbonyl (C=O) groups is 3. The van der Waals surface area contributed by atoms with Gasteiger partial charge in [-0.25, -0.2) is 4.79 Å². The molecular weight excluding hydrogens is 476 g/mol. The zero-order valence-corrected chi connectivity index (χ0v) is 20.2. The highest BCUT2D eigenvalue weighted by molar-refractivity contribution is 6.31. The van der Waals surface area contributed by atoms with Crippen molar-refractivity contribution < 1.29 is 54.5 Å². The number of fused-ring (bicyclic) bond motifs is 2. The van der Waals surface area contributed by atoms with Gasteiger partial charge in [0.05, 0.1) is 48.7 Å². The number of hydrogen-bond acceptors (Lipinski definition) is 10. The van der Waals surface area contributed by atoms with E-state index in [1.807, 2.05) is 13.8 Å². The standard InChI is InChI=1S/C23H22O11.C2H6/c1-7-13-10(5-11(26)14(7)23(31)32)18(27)17-16(19(13)28)20(29)15(21(30)22(17)33-2)12-4-8(25)3-9(6-24)34-12;1-2/h5,8-9,12,24-26,29-30H,3-4,6H2,1-2H3,(H,31,32);1-2H3/t8-,9-,12?;/m0./s1. The van der Waals surface area contributed by atoms with E-state index in [1.54, 1.807) is 0 Å². The summed E-state index contributed by atoms with van der Waals surface area (Å²) in [4.78, 5) is 38.5. The Labute approximate surface area is 206 Å². The lowest BCUT2D eigenvalue weighted by molar-refractivity contribution is -0.114. The first kappa shape index (κ1) is 26.9. The third kappa shape index (κ3) is 4.04. The Morgan fingerprint density at radius 1 is 1.06 bits per heavy atom. The molecule has 0 bridgehead atoms. The Hall–Kier alpha value is -3.67. The van der Waals surface area contributed by atoms with Crippen LogP contribution in [-0.2, 0) is 4.74 Å². The van der Waals surface area contributed by atoms with Crippen molar-refractivity contribution in [3.63, 3.8) is 0 Å². The molecule has 0 spiro atoms. The summed E-state index contributed by atoms with van der Waals surface area (Å²) in [6, 6.07) is 0.850. The number of ether oxygens (including phenoxy) is 2. The first-order valence-corrected chi connectivity index (χ1v) is 11.3. The normalized spacial score (nSPS) is 20.7. The number of phenolic OH excluding ortho intramolecular Hbond substituents is 2. The number of aromatic carboxylic acids is 1. The summed E-state index contributed by atoms with van der Waals surface area (Å²) in [5.41, 5.74) is -2.69. The van der Waals surface area contributed by atoms with E-state index in [4.69, 9.17) is 9.47 Å². The van der Waals surface area contributed by atoms with Crippen molar-refractivity contribution in [3.8, 4) is 23.0 Å². The van der Waals surface area contributed by atoms with E-state index in [0.29, 0.717) is 0 Å². The second kappa shape index (κ2) is 10.1. The van der Waals surface area contributed by atoms with Gasteiger partial charge in [-0.1, -0.05) is 13.8 Å². The summed E-state index contributed by atoms with van der Waals surface area (Å²) in [5.74, 6) is -5.97. The number of hydrogen-bond donors (Lipinski definition) is 6. The van der Waals surface area contributed by atoms with Gasteiger partial charge >= 0.3 is 5.97 Å². The van der Waals surface area contributed by atoms with Gasteiger partial charge in [-0.3, -0.25) is 9.59 Å². The lowest BCUT2D eigenvalue weighted by Gasteiger charge is -2.34. The van der Waals surface area contributed by atoms with Crippen LogP contribution in [0.3, 0.4) is 0 Å². The molecule has 1 fully saturated rings. The molecular formula is C25H28O11. The van der Waals surface area contributed by atoms with Crippen molar-refractivity contribution in [3.05, 3.63) is 45.0 Å². The molecule has 0 aromatic heterocycles. The number of phenols is 3. The average Bonchev–Trinajstić information content (AvgIpc) is 2.82. The van der Waals surface area contributed by atoms with Crippen LogP contribution < -0.4 is 4.74 Å². The van der Waals surface area contributed by atoms with E-state index in [-0.39, 0.29) is 35.1 Å². The van der Waals surface area contributed by atoms with Gasteiger partial charge in [-0.05, 0) is 18.6 Å². The molecule has 1 saturated heterocycles. The maximum Gasteiger partial charge on any atom is 0.339 e. The number of carbonyl (C=O) groups excluding carboxylic acids is 2. The van der Waals surface area contributed by atoms with Crippen molar-refractivity contribution in [2.75, 3.05) is 13.7 Å². The fraction of sp³-hybridized carbons (Fsp3) is 0.400. The van der Waals surface area contributed by atoms with E-state index in [2.05, 4.69) is 0 Å². The molecule has 2 aromatic carbocycles. The Kier molecular flexibility index (Phi) is 7.58. The van der Waals surface area contributed by atoms with E-state index in [9.17, 15) is 45.0 Å². The molecule has 0 amide bonds. The van der Waals surface area contributed by atoms with Crippen LogP contribution in [0.2, 0.25) is 0 Å². The number of aliphatic hydroxyl groups is 2. The van der Waals surface area contributed by atoms with Gasteiger partial charge in [-0.15, -0.1) is 0 Å². The van der Waals surface area contributed by atoms with Crippen molar-refractivity contribution in [2.45, 2.75) is 51.9 Å². The molecule has 6 N–H and O–H groups in total. The van der Waals surface area contributed by atoms with Gasteiger partial charge in [0.2, 0.25) is 0 Å². The molecule has 1 aliphatic heterocycles. The molecule has 11 heteroatoms.